The van der Waals surface area contributed by atoms with Crippen LogP contribution >= 0.6 is 23.2 Å². The molecule has 10 heteroatoms. The molecule has 4 aromatic rings. The number of alkyl halides is 3. The van der Waals surface area contributed by atoms with Gasteiger partial charge in [0.15, 0.2) is 5.69 Å². The molecule has 0 aliphatic rings. The van der Waals surface area contributed by atoms with Gasteiger partial charge < -0.3 is 5.32 Å². The molecule has 2 heterocycles. The summed E-state index contributed by atoms with van der Waals surface area (Å²) in [4.78, 5) is 16.7. The molecule has 0 aliphatic heterocycles. The summed E-state index contributed by atoms with van der Waals surface area (Å²) in [7, 11) is 0. The summed E-state index contributed by atoms with van der Waals surface area (Å²) in [6, 6.07) is 16.8. The molecule has 5 nitrogen and oxygen atoms in total. The predicted octanol–water partition coefficient (Wildman–Crippen LogP) is 6.62. The highest BCUT2D eigenvalue weighted by Gasteiger charge is 2.31. The second-order valence-electron chi connectivity index (χ2n) is 7.00. The maximum absolute atomic E-state index is 13.0. The third kappa shape index (κ3) is 4.72. The van der Waals surface area contributed by atoms with Gasteiger partial charge in [-0.25, -0.2) is 9.67 Å². The highest BCUT2D eigenvalue weighted by atomic mass is 35.5. The number of rotatable bonds is 4. The van der Waals surface area contributed by atoms with Crippen LogP contribution in [0.25, 0.3) is 16.9 Å². The minimum absolute atomic E-state index is 0.0395. The number of carbonyl (C=O) groups excluding carboxylic acids is 1. The maximum atomic E-state index is 13.0. The van der Waals surface area contributed by atoms with Crippen LogP contribution in [0.2, 0.25) is 10.0 Å². The van der Waals surface area contributed by atoms with Crippen LogP contribution in [0.1, 0.15) is 21.6 Å². The number of nitrogens with one attached hydrogen (secondary N) is 1. The molecule has 33 heavy (non-hydrogen) atoms. The SMILES string of the molecule is Cc1c(C(=O)Nc2ccc(C(F)(F)F)cn2)nn(-c2ccc(Cl)cc2Cl)c1-c1cc[c]cc1. The van der Waals surface area contributed by atoms with Crippen molar-refractivity contribution < 1.29 is 18.0 Å². The molecule has 0 saturated carbocycles. The number of benzene rings is 2. The van der Waals surface area contributed by atoms with Crippen molar-refractivity contribution in [1.29, 1.82) is 0 Å². The monoisotopic (exact) mass is 489 g/mol. The highest BCUT2D eigenvalue weighted by molar-refractivity contribution is 6.35. The van der Waals surface area contributed by atoms with E-state index in [0.29, 0.717) is 33.2 Å². The Labute approximate surface area is 196 Å². The Morgan fingerprint density at radius 1 is 1.09 bits per heavy atom. The van der Waals surface area contributed by atoms with Crippen molar-refractivity contribution >= 4 is 34.9 Å². The lowest BCUT2D eigenvalue weighted by Gasteiger charge is -2.10. The molecular weight excluding hydrogens is 476 g/mol. The molecule has 1 N–H and O–H groups in total. The van der Waals surface area contributed by atoms with E-state index < -0.39 is 17.6 Å². The van der Waals surface area contributed by atoms with Crippen LogP contribution in [-0.4, -0.2) is 20.7 Å². The Kier molecular flexibility index (Phi) is 6.14. The van der Waals surface area contributed by atoms with E-state index in [4.69, 9.17) is 23.2 Å². The normalized spacial score (nSPS) is 11.5. The number of pyridine rings is 1. The molecule has 0 fully saturated rings. The summed E-state index contributed by atoms with van der Waals surface area (Å²) in [5.74, 6) is -0.672. The van der Waals surface area contributed by atoms with E-state index in [2.05, 4.69) is 21.5 Å². The highest BCUT2D eigenvalue weighted by Crippen LogP contribution is 2.33. The smallest absolute Gasteiger partial charge is 0.305 e. The van der Waals surface area contributed by atoms with E-state index in [1.807, 2.05) is 12.1 Å². The Morgan fingerprint density at radius 3 is 2.42 bits per heavy atom. The van der Waals surface area contributed by atoms with Gasteiger partial charge in [-0.2, -0.15) is 18.3 Å². The molecule has 4 rings (SSSR count). The topological polar surface area (TPSA) is 59.8 Å². The van der Waals surface area contributed by atoms with Gasteiger partial charge in [-0.15, -0.1) is 0 Å². The summed E-state index contributed by atoms with van der Waals surface area (Å²) in [5, 5.41) is 7.71. The Bertz CT molecular complexity index is 1320. The molecule has 1 radical (unpaired) electrons. The van der Waals surface area contributed by atoms with Crippen LogP contribution in [0.3, 0.4) is 0 Å². The molecule has 0 atom stereocenters. The summed E-state index contributed by atoms with van der Waals surface area (Å²) in [5.41, 5.74) is 1.55. The van der Waals surface area contributed by atoms with Gasteiger partial charge in [-0.3, -0.25) is 4.79 Å². The van der Waals surface area contributed by atoms with Gasteiger partial charge >= 0.3 is 6.18 Å². The van der Waals surface area contributed by atoms with Gasteiger partial charge in [0, 0.05) is 22.3 Å². The lowest BCUT2D eigenvalue weighted by Crippen LogP contribution is -2.15. The molecule has 2 aromatic carbocycles. The van der Waals surface area contributed by atoms with Crippen LogP contribution in [0.5, 0.6) is 0 Å². The van der Waals surface area contributed by atoms with Crippen molar-refractivity contribution in [1.82, 2.24) is 14.8 Å². The van der Waals surface area contributed by atoms with Crippen LogP contribution in [0, 0.1) is 13.0 Å². The fourth-order valence-corrected chi connectivity index (χ4v) is 3.72. The number of anilines is 1. The summed E-state index contributed by atoms with van der Waals surface area (Å²) >= 11 is 12.4. The summed E-state index contributed by atoms with van der Waals surface area (Å²) in [6.07, 6.45) is -3.87. The maximum Gasteiger partial charge on any atom is 0.417 e. The van der Waals surface area contributed by atoms with Crippen molar-refractivity contribution in [3.63, 3.8) is 0 Å². The lowest BCUT2D eigenvalue weighted by molar-refractivity contribution is -0.137. The Balaban J connectivity index is 1.76. The molecule has 1 amide bonds. The third-order valence-electron chi connectivity index (χ3n) is 4.80. The van der Waals surface area contributed by atoms with E-state index in [-0.39, 0.29) is 11.5 Å². The zero-order chi connectivity index (χ0) is 23.8. The van der Waals surface area contributed by atoms with E-state index >= 15 is 0 Å². The van der Waals surface area contributed by atoms with E-state index in [1.165, 1.54) is 4.68 Å². The third-order valence-corrected chi connectivity index (χ3v) is 5.34. The second kappa shape index (κ2) is 8.88. The minimum atomic E-state index is -4.52. The van der Waals surface area contributed by atoms with Crippen molar-refractivity contribution in [3.05, 3.63) is 93.7 Å². The number of nitrogens with zero attached hydrogens (tertiary/aromatic N) is 3. The molecule has 0 bridgehead atoms. The Morgan fingerprint density at radius 2 is 1.82 bits per heavy atom. The van der Waals surface area contributed by atoms with Gasteiger partial charge in [0.05, 0.1) is 22.0 Å². The number of aromatic nitrogens is 3. The van der Waals surface area contributed by atoms with Crippen LogP contribution in [0.15, 0.2) is 60.8 Å². The number of carbonyl (C=O) groups is 1. The molecule has 167 valence electrons. The van der Waals surface area contributed by atoms with Crippen molar-refractivity contribution in [2.75, 3.05) is 5.32 Å². The first-order chi connectivity index (χ1) is 15.6. The average Bonchev–Trinajstić information content (AvgIpc) is 3.11. The molecule has 0 unspecified atom stereocenters. The largest absolute Gasteiger partial charge is 0.417 e. The first kappa shape index (κ1) is 22.8. The molecule has 2 aromatic heterocycles. The second-order valence-corrected chi connectivity index (χ2v) is 7.85. The van der Waals surface area contributed by atoms with Crippen molar-refractivity contribution in [2.45, 2.75) is 13.1 Å². The van der Waals surface area contributed by atoms with Gasteiger partial charge in [-0.1, -0.05) is 47.5 Å². The first-order valence-corrected chi connectivity index (χ1v) is 10.3. The molecular formula is C23H14Cl2F3N4O. The van der Waals surface area contributed by atoms with E-state index in [1.54, 1.807) is 37.3 Å². The first-order valence-electron chi connectivity index (χ1n) is 9.51. The van der Waals surface area contributed by atoms with Gasteiger partial charge in [0.25, 0.3) is 5.91 Å². The standard InChI is InChI=1S/C23H14Cl2F3N4O/c1-13-20(22(33)30-19-10-7-15(12-29-19)23(26,27)28)31-32(18-9-8-16(24)11-17(18)25)21(13)14-5-3-2-4-6-14/h3-12H,1H3,(H,29,30,33). The zero-order valence-electron chi connectivity index (χ0n) is 16.9. The molecule has 0 spiro atoms. The van der Waals surface area contributed by atoms with Gasteiger partial charge in [-0.05, 0) is 43.3 Å². The van der Waals surface area contributed by atoms with Crippen LogP contribution in [-0.2, 0) is 6.18 Å². The lowest BCUT2D eigenvalue weighted by atomic mass is 10.1. The minimum Gasteiger partial charge on any atom is -0.305 e. The number of halogens is 5. The fourth-order valence-electron chi connectivity index (χ4n) is 3.23. The van der Waals surface area contributed by atoms with Crippen molar-refractivity contribution in [3.8, 4) is 16.9 Å². The van der Waals surface area contributed by atoms with Gasteiger partial charge in [0.1, 0.15) is 5.82 Å². The van der Waals surface area contributed by atoms with Crippen LogP contribution in [0.4, 0.5) is 19.0 Å². The Hall–Kier alpha value is -3.36. The number of hydrogen-bond donors (Lipinski definition) is 1. The van der Waals surface area contributed by atoms with Crippen LogP contribution < -0.4 is 5.32 Å². The van der Waals surface area contributed by atoms with E-state index in [9.17, 15) is 18.0 Å². The number of amides is 1. The number of hydrogen-bond acceptors (Lipinski definition) is 3. The molecule has 0 saturated heterocycles. The fraction of sp³-hybridized carbons (Fsp3) is 0.0870. The zero-order valence-corrected chi connectivity index (χ0v) is 18.4. The van der Waals surface area contributed by atoms with Crippen molar-refractivity contribution in [2.24, 2.45) is 0 Å². The average molecular weight is 490 g/mol. The summed E-state index contributed by atoms with van der Waals surface area (Å²) in [6.45, 7) is 1.72. The molecule has 0 aliphatic carbocycles. The summed E-state index contributed by atoms with van der Waals surface area (Å²) < 4.78 is 39.8. The van der Waals surface area contributed by atoms with E-state index in [0.717, 1.165) is 17.7 Å². The van der Waals surface area contributed by atoms with Gasteiger partial charge in [0.2, 0.25) is 0 Å². The quantitative estimate of drug-likeness (QED) is 0.350. The predicted molar refractivity (Wildman–Crippen MR) is 120 cm³/mol.